The molecule has 0 saturated heterocycles. The molecular formula is C2H6BrClO2Si. The first-order valence-electron chi connectivity index (χ1n) is 1.60. The molecule has 0 fully saturated rings. The van der Waals surface area contributed by atoms with Crippen LogP contribution in [0.2, 0.25) is 0 Å². The minimum absolute atomic E-state index is 1.50. The van der Waals surface area contributed by atoms with Crippen LogP contribution in [0.15, 0.2) is 0 Å². The molecule has 0 aliphatic rings. The summed E-state index contributed by atoms with van der Waals surface area (Å²) in [6.07, 6.45) is 0. The van der Waals surface area contributed by atoms with Gasteiger partial charge in [-0.2, -0.15) is 0 Å². The van der Waals surface area contributed by atoms with E-state index in [1.165, 1.54) is 14.2 Å². The van der Waals surface area contributed by atoms with E-state index in [1.807, 2.05) is 0 Å². The molecule has 2 nitrogen and oxygen atoms in total. The smallest absolute Gasteiger partial charge is 0.378 e. The van der Waals surface area contributed by atoms with Crippen molar-refractivity contribution in [3.8, 4) is 0 Å². The quantitative estimate of drug-likeness (QED) is 0.500. The fraction of sp³-hybridized carbons (Fsp3) is 1.00. The Kier molecular flexibility index (Phi) is 3.43. The third kappa shape index (κ3) is 3.49. The molecule has 44 valence electrons. The second kappa shape index (κ2) is 3.04. The molecule has 0 aliphatic carbocycles. The van der Waals surface area contributed by atoms with E-state index in [2.05, 4.69) is 24.1 Å². The minimum atomic E-state index is -2.37. The molecule has 7 heavy (non-hydrogen) atoms. The van der Waals surface area contributed by atoms with Gasteiger partial charge in [-0.15, -0.1) is 0 Å². The molecule has 0 spiro atoms. The SMILES string of the molecule is CO[Si](Cl)(Br)OC. The second-order valence-electron chi connectivity index (χ2n) is 0.872. The Bertz CT molecular complexity index is 53.7. The molecule has 0 heterocycles. The average Bonchev–Trinajstić information content (AvgIpc) is 1.68. The number of halogens is 2. The summed E-state index contributed by atoms with van der Waals surface area (Å²) < 4.78 is 9.37. The predicted molar refractivity (Wildman–Crippen MR) is 34.6 cm³/mol. The molecule has 0 unspecified atom stereocenters. The molecule has 5 heteroatoms. The molecule has 0 radical (unpaired) electrons. The molecule has 0 rings (SSSR count). The maximum Gasteiger partial charge on any atom is 0.520 e. The van der Waals surface area contributed by atoms with E-state index in [0.29, 0.717) is 0 Å². The van der Waals surface area contributed by atoms with Crippen LogP contribution in [0.1, 0.15) is 0 Å². The summed E-state index contributed by atoms with van der Waals surface area (Å²) in [7, 11) is 2.99. The Morgan fingerprint density at radius 1 is 1.43 bits per heavy atom. The van der Waals surface area contributed by atoms with E-state index in [9.17, 15) is 0 Å². The molecular weight excluding hydrogens is 199 g/mol. The molecule has 0 bridgehead atoms. The van der Waals surface area contributed by atoms with Gasteiger partial charge in [0.15, 0.2) is 0 Å². The highest BCUT2D eigenvalue weighted by Gasteiger charge is 2.28. The molecule has 0 aromatic heterocycles. The monoisotopic (exact) mass is 204 g/mol. The third-order valence-electron chi connectivity index (χ3n) is 0.475. The fourth-order valence-corrected chi connectivity index (χ4v) is 0.250. The Hall–Kier alpha value is 0.907. The normalized spacial score (nSPS) is 12.0. The van der Waals surface area contributed by atoms with Crippen molar-refractivity contribution < 1.29 is 8.85 Å². The van der Waals surface area contributed by atoms with Crippen LogP contribution in [-0.2, 0) is 8.85 Å². The maximum absolute atomic E-state index is 5.52. The summed E-state index contributed by atoms with van der Waals surface area (Å²) >= 11 is 8.56. The lowest BCUT2D eigenvalue weighted by molar-refractivity contribution is 0.292. The van der Waals surface area contributed by atoms with Crippen LogP contribution in [0.25, 0.3) is 0 Å². The summed E-state index contributed by atoms with van der Waals surface area (Å²) in [6.45, 7) is -2.37. The zero-order valence-corrected chi connectivity index (χ0v) is 7.41. The van der Waals surface area contributed by atoms with Crippen LogP contribution in [0, 0.1) is 0 Å². The van der Waals surface area contributed by atoms with Crippen LogP contribution in [0.5, 0.6) is 0 Å². The summed E-state index contributed by atoms with van der Waals surface area (Å²) in [5, 5.41) is 0. The number of hydrogen-bond donors (Lipinski definition) is 0. The summed E-state index contributed by atoms with van der Waals surface area (Å²) in [5.74, 6) is 0. The van der Waals surface area contributed by atoms with Crippen LogP contribution in [-0.4, -0.2) is 20.7 Å². The van der Waals surface area contributed by atoms with Crippen molar-refractivity contribution in [1.82, 2.24) is 0 Å². The van der Waals surface area contributed by atoms with Gasteiger partial charge in [0.2, 0.25) is 0 Å². The molecule has 0 aromatic rings. The molecule has 0 amide bonds. The van der Waals surface area contributed by atoms with E-state index in [0.717, 1.165) is 0 Å². The summed E-state index contributed by atoms with van der Waals surface area (Å²) in [6, 6.07) is 0. The first-order valence-corrected chi connectivity index (χ1v) is 6.69. The van der Waals surface area contributed by atoms with Gasteiger partial charge in [0.1, 0.15) is 0 Å². The summed E-state index contributed by atoms with van der Waals surface area (Å²) in [4.78, 5) is 0. The Balaban J connectivity index is 3.36. The van der Waals surface area contributed by atoms with Crippen molar-refractivity contribution in [2.45, 2.75) is 0 Å². The summed E-state index contributed by atoms with van der Waals surface area (Å²) in [5.41, 5.74) is 0. The fourth-order valence-electron chi connectivity index (χ4n) is 0.0833. The Morgan fingerprint density at radius 3 is 1.71 bits per heavy atom. The molecule has 0 N–H and O–H groups in total. The van der Waals surface area contributed by atoms with Crippen molar-refractivity contribution in [1.29, 1.82) is 0 Å². The van der Waals surface area contributed by atoms with Crippen LogP contribution in [0.4, 0.5) is 0 Å². The van der Waals surface area contributed by atoms with E-state index < -0.39 is 6.49 Å². The third-order valence-corrected chi connectivity index (χ3v) is 4.29. The van der Waals surface area contributed by atoms with Gasteiger partial charge in [0.25, 0.3) is 0 Å². The standard InChI is InChI=1S/C2H6BrClO2Si/c1-5-7(3,4)6-2/h1-2H3. The lowest BCUT2D eigenvalue weighted by Gasteiger charge is -2.09. The number of hydrogen-bond acceptors (Lipinski definition) is 2. The van der Waals surface area contributed by atoms with Gasteiger partial charge in [-0.1, -0.05) is 11.1 Å². The van der Waals surface area contributed by atoms with Gasteiger partial charge in [-0.25, -0.2) is 0 Å². The van der Waals surface area contributed by atoms with Gasteiger partial charge in [0, 0.05) is 14.2 Å². The van der Waals surface area contributed by atoms with Gasteiger partial charge in [-0.05, 0) is 15.3 Å². The van der Waals surface area contributed by atoms with Crippen molar-refractivity contribution >= 4 is 32.9 Å². The highest BCUT2D eigenvalue weighted by molar-refractivity contribution is 9.26. The lowest BCUT2D eigenvalue weighted by Crippen LogP contribution is -2.24. The Morgan fingerprint density at radius 2 is 1.71 bits per heavy atom. The molecule has 0 atom stereocenters. The van der Waals surface area contributed by atoms with Crippen molar-refractivity contribution in [3.05, 3.63) is 0 Å². The second-order valence-corrected chi connectivity index (χ2v) is 8.61. The van der Waals surface area contributed by atoms with Gasteiger partial charge in [0.05, 0.1) is 0 Å². The van der Waals surface area contributed by atoms with Crippen LogP contribution in [0.3, 0.4) is 0 Å². The van der Waals surface area contributed by atoms with Gasteiger partial charge < -0.3 is 8.85 Å². The molecule has 0 aromatic carbocycles. The minimum Gasteiger partial charge on any atom is -0.378 e. The van der Waals surface area contributed by atoms with E-state index in [-0.39, 0.29) is 0 Å². The first-order chi connectivity index (χ1) is 3.12. The van der Waals surface area contributed by atoms with Gasteiger partial charge in [-0.3, -0.25) is 0 Å². The van der Waals surface area contributed by atoms with Gasteiger partial charge >= 0.3 is 6.49 Å². The highest BCUT2D eigenvalue weighted by Crippen LogP contribution is 2.17. The maximum atomic E-state index is 5.52. The largest absolute Gasteiger partial charge is 0.520 e. The van der Waals surface area contributed by atoms with Crippen molar-refractivity contribution in [2.24, 2.45) is 0 Å². The Labute approximate surface area is 56.3 Å². The first kappa shape index (κ1) is 7.91. The molecule has 0 saturated carbocycles. The zero-order valence-electron chi connectivity index (χ0n) is 4.07. The lowest BCUT2D eigenvalue weighted by atomic mass is 11.8. The van der Waals surface area contributed by atoms with Crippen molar-refractivity contribution in [2.75, 3.05) is 14.2 Å². The van der Waals surface area contributed by atoms with Crippen molar-refractivity contribution in [3.63, 3.8) is 0 Å². The molecule has 0 aliphatic heterocycles. The van der Waals surface area contributed by atoms with E-state index in [4.69, 9.17) is 11.1 Å². The van der Waals surface area contributed by atoms with E-state index in [1.54, 1.807) is 0 Å². The average molecular weight is 206 g/mol. The number of rotatable bonds is 2. The van der Waals surface area contributed by atoms with E-state index >= 15 is 0 Å². The zero-order chi connectivity index (χ0) is 5.91. The topological polar surface area (TPSA) is 18.5 Å². The van der Waals surface area contributed by atoms with Crippen LogP contribution >= 0.6 is 26.4 Å². The highest BCUT2D eigenvalue weighted by atomic mass is 79.9. The van der Waals surface area contributed by atoms with Crippen LogP contribution < -0.4 is 0 Å². The predicted octanol–water partition coefficient (Wildman–Crippen LogP) is 1.35.